The van der Waals surface area contributed by atoms with Crippen molar-refractivity contribution in [3.63, 3.8) is 0 Å². The summed E-state index contributed by atoms with van der Waals surface area (Å²) in [6.07, 6.45) is 1.62. The van der Waals surface area contributed by atoms with E-state index in [1.807, 2.05) is 27.7 Å². The molecule has 1 aromatic carbocycles. The molecule has 0 bridgehead atoms. The van der Waals surface area contributed by atoms with Gasteiger partial charge in [-0.15, -0.1) is 0 Å². The number of nitrogens with one attached hydrogen (secondary N) is 1. The van der Waals surface area contributed by atoms with E-state index in [1.165, 1.54) is 0 Å². The zero-order valence-electron chi connectivity index (χ0n) is 13.6. The van der Waals surface area contributed by atoms with E-state index in [4.69, 9.17) is 14.2 Å². The number of hydrogen-bond acceptors (Lipinski definition) is 5. The molecular formula is C17H23NO4. The molecule has 0 saturated carbocycles. The van der Waals surface area contributed by atoms with Crippen molar-refractivity contribution in [3.8, 4) is 11.5 Å². The summed E-state index contributed by atoms with van der Waals surface area (Å²) in [5.74, 6) is 0.505. The maximum atomic E-state index is 12.4. The van der Waals surface area contributed by atoms with Crippen LogP contribution in [0.3, 0.4) is 0 Å². The minimum atomic E-state index is -0.574. The average molecular weight is 305 g/mol. The topological polar surface area (TPSA) is 56.8 Å². The first-order valence-corrected chi connectivity index (χ1v) is 7.36. The Bertz CT molecular complexity index is 575. The summed E-state index contributed by atoms with van der Waals surface area (Å²) in [6, 6.07) is 3.50. The van der Waals surface area contributed by atoms with Crippen molar-refractivity contribution in [1.29, 1.82) is 0 Å². The minimum absolute atomic E-state index is 0.00697. The summed E-state index contributed by atoms with van der Waals surface area (Å²) in [5.41, 5.74) is 0.589. The Hall–Kier alpha value is -2.17. The standard InChI is InChI=1S/C17H23NO4/c1-6-9-20-14-12(16(19)22-17(3,4)5)7-8-13-15(14)21-11(2)10-18-13/h6-8,11,18H,1,9-10H2,2-5H3. The second kappa shape index (κ2) is 6.30. The molecule has 0 amide bonds. The van der Waals surface area contributed by atoms with Crippen LogP contribution in [0.15, 0.2) is 24.8 Å². The lowest BCUT2D eigenvalue weighted by atomic mass is 10.1. The zero-order chi connectivity index (χ0) is 16.3. The van der Waals surface area contributed by atoms with E-state index in [2.05, 4.69) is 11.9 Å². The van der Waals surface area contributed by atoms with Crippen LogP contribution in [0, 0.1) is 0 Å². The lowest BCUT2D eigenvalue weighted by Gasteiger charge is -2.28. The van der Waals surface area contributed by atoms with Crippen LogP contribution >= 0.6 is 0 Å². The molecule has 1 aromatic rings. The third-order valence-electron chi connectivity index (χ3n) is 2.98. The molecule has 1 aliphatic rings. The Morgan fingerprint density at radius 3 is 2.86 bits per heavy atom. The van der Waals surface area contributed by atoms with E-state index in [-0.39, 0.29) is 12.7 Å². The van der Waals surface area contributed by atoms with Crippen molar-refractivity contribution < 1.29 is 19.0 Å². The van der Waals surface area contributed by atoms with E-state index < -0.39 is 11.6 Å². The normalized spacial score (nSPS) is 16.8. The average Bonchev–Trinajstić information content (AvgIpc) is 2.42. The fourth-order valence-corrected chi connectivity index (χ4v) is 2.09. The molecule has 2 rings (SSSR count). The summed E-state index contributed by atoms with van der Waals surface area (Å²) >= 11 is 0. The molecule has 1 heterocycles. The summed E-state index contributed by atoms with van der Waals surface area (Å²) < 4.78 is 17.0. The van der Waals surface area contributed by atoms with Gasteiger partial charge in [-0.05, 0) is 39.8 Å². The van der Waals surface area contributed by atoms with Gasteiger partial charge in [0.1, 0.15) is 23.9 Å². The van der Waals surface area contributed by atoms with Gasteiger partial charge in [-0.2, -0.15) is 0 Å². The van der Waals surface area contributed by atoms with Crippen molar-refractivity contribution in [2.45, 2.75) is 39.4 Å². The molecule has 1 aliphatic heterocycles. The molecule has 5 heteroatoms. The fraction of sp³-hybridized carbons (Fsp3) is 0.471. The Kier molecular flexibility index (Phi) is 4.64. The van der Waals surface area contributed by atoms with Crippen LogP contribution < -0.4 is 14.8 Å². The van der Waals surface area contributed by atoms with Crippen molar-refractivity contribution >= 4 is 11.7 Å². The molecule has 0 aliphatic carbocycles. The van der Waals surface area contributed by atoms with Gasteiger partial charge in [0.15, 0.2) is 11.5 Å². The van der Waals surface area contributed by atoms with E-state index in [1.54, 1.807) is 18.2 Å². The highest BCUT2D eigenvalue weighted by molar-refractivity contribution is 5.95. The molecule has 22 heavy (non-hydrogen) atoms. The number of fused-ring (bicyclic) bond motifs is 1. The highest BCUT2D eigenvalue weighted by atomic mass is 16.6. The molecular weight excluding hydrogens is 282 g/mol. The van der Waals surface area contributed by atoms with Crippen LogP contribution in [0.2, 0.25) is 0 Å². The number of rotatable bonds is 4. The van der Waals surface area contributed by atoms with Crippen LogP contribution in [-0.2, 0) is 4.74 Å². The van der Waals surface area contributed by atoms with Crippen LogP contribution in [0.4, 0.5) is 5.69 Å². The molecule has 0 spiro atoms. The Morgan fingerprint density at radius 2 is 2.23 bits per heavy atom. The van der Waals surface area contributed by atoms with Crippen molar-refractivity contribution in [3.05, 3.63) is 30.4 Å². The number of esters is 1. The first-order valence-electron chi connectivity index (χ1n) is 7.36. The predicted octanol–water partition coefficient (Wildman–Crippen LogP) is 3.40. The van der Waals surface area contributed by atoms with Gasteiger partial charge in [0.2, 0.25) is 0 Å². The molecule has 1 N–H and O–H groups in total. The number of hydrogen-bond donors (Lipinski definition) is 1. The van der Waals surface area contributed by atoms with Crippen LogP contribution in [0.25, 0.3) is 0 Å². The molecule has 1 unspecified atom stereocenters. The van der Waals surface area contributed by atoms with Gasteiger partial charge in [0, 0.05) is 0 Å². The maximum Gasteiger partial charge on any atom is 0.342 e. The predicted molar refractivity (Wildman–Crippen MR) is 85.9 cm³/mol. The molecule has 0 fully saturated rings. The van der Waals surface area contributed by atoms with Crippen LogP contribution in [0.1, 0.15) is 38.1 Å². The van der Waals surface area contributed by atoms with Gasteiger partial charge in [0.05, 0.1) is 12.2 Å². The smallest absolute Gasteiger partial charge is 0.342 e. The van der Waals surface area contributed by atoms with Crippen molar-refractivity contribution in [2.75, 3.05) is 18.5 Å². The Balaban J connectivity index is 2.42. The summed E-state index contributed by atoms with van der Waals surface area (Å²) in [7, 11) is 0. The van der Waals surface area contributed by atoms with E-state index in [0.717, 1.165) is 5.69 Å². The maximum absolute atomic E-state index is 12.4. The number of anilines is 1. The third kappa shape index (κ3) is 3.72. The van der Waals surface area contributed by atoms with Gasteiger partial charge in [-0.25, -0.2) is 4.79 Å². The summed E-state index contributed by atoms with van der Waals surface area (Å²) in [6.45, 7) is 12.1. The van der Waals surface area contributed by atoms with Gasteiger partial charge < -0.3 is 19.5 Å². The van der Waals surface area contributed by atoms with Gasteiger partial charge in [0.25, 0.3) is 0 Å². The molecule has 1 atom stereocenters. The monoisotopic (exact) mass is 305 g/mol. The number of benzene rings is 1. The molecule has 120 valence electrons. The van der Waals surface area contributed by atoms with E-state index >= 15 is 0 Å². The molecule has 0 radical (unpaired) electrons. The Labute approximate surface area is 131 Å². The fourth-order valence-electron chi connectivity index (χ4n) is 2.09. The second-order valence-corrected chi connectivity index (χ2v) is 6.23. The second-order valence-electron chi connectivity index (χ2n) is 6.23. The zero-order valence-corrected chi connectivity index (χ0v) is 13.6. The van der Waals surface area contributed by atoms with Crippen molar-refractivity contribution in [2.24, 2.45) is 0 Å². The summed E-state index contributed by atoms with van der Waals surface area (Å²) in [5, 5.41) is 3.26. The van der Waals surface area contributed by atoms with Gasteiger partial charge in [-0.1, -0.05) is 12.7 Å². The highest BCUT2D eigenvalue weighted by Crippen LogP contribution is 2.41. The largest absolute Gasteiger partial charge is 0.485 e. The molecule has 0 saturated heterocycles. The molecule has 5 nitrogen and oxygen atoms in total. The first-order chi connectivity index (χ1) is 10.3. The van der Waals surface area contributed by atoms with E-state index in [9.17, 15) is 4.79 Å². The lowest BCUT2D eigenvalue weighted by molar-refractivity contribution is 0.00651. The minimum Gasteiger partial charge on any atom is -0.485 e. The van der Waals surface area contributed by atoms with E-state index in [0.29, 0.717) is 23.6 Å². The van der Waals surface area contributed by atoms with Gasteiger partial charge >= 0.3 is 5.97 Å². The third-order valence-corrected chi connectivity index (χ3v) is 2.98. The quantitative estimate of drug-likeness (QED) is 0.682. The first kappa shape index (κ1) is 16.2. The Morgan fingerprint density at radius 1 is 1.50 bits per heavy atom. The van der Waals surface area contributed by atoms with Crippen LogP contribution in [0.5, 0.6) is 11.5 Å². The number of ether oxygens (including phenoxy) is 3. The summed E-state index contributed by atoms with van der Waals surface area (Å²) in [4.78, 5) is 12.4. The molecule has 0 aromatic heterocycles. The lowest BCUT2D eigenvalue weighted by Crippen LogP contribution is -2.29. The SMILES string of the molecule is C=CCOc1c(C(=O)OC(C)(C)C)ccc2c1OC(C)CN2. The number of carbonyl (C=O) groups excluding carboxylic acids is 1. The van der Waals surface area contributed by atoms with Crippen molar-refractivity contribution in [1.82, 2.24) is 0 Å². The number of carbonyl (C=O) groups is 1. The van der Waals surface area contributed by atoms with Gasteiger partial charge in [-0.3, -0.25) is 0 Å². The van der Waals surface area contributed by atoms with Crippen LogP contribution in [-0.4, -0.2) is 30.8 Å². The highest BCUT2D eigenvalue weighted by Gasteiger charge is 2.28.